The summed E-state index contributed by atoms with van der Waals surface area (Å²) in [5.41, 5.74) is 0. The van der Waals surface area contributed by atoms with Crippen molar-refractivity contribution in [1.29, 1.82) is 0 Å². The van der Waals surface area contributed by atoms with Crippen molar-refractivity contribution in [3.63, 3.8) is 0 Å². The van der Waals surface area contributed by atoms with Gasteiger partial charge in [0.2, 0.25) is 0 Å². The third-order valence-corrected chi connectivity index (χ3v) is 2.66. The van der Waals surface area contributed by atoms with Gasteiger partial charge in [0.25, 0.3) is 0 Å². The average molecular weight is 368 g/mol. The minimum absolute atomic E-state index is 0.0365. The van der Waals surface area contributed by atoms with Crippen LogP contribution in [0.5, 0.6) is 0 Å². The van der Waals surface area contributed by atoms with Crippen LogP contribution in [0, 0.1) is 0 Å². The molecule has 0 heterocycles. The van der Waals surface area contributed by atoms with Crippen molar-refractivity contribution in [3.8, 4) is 0 Å². The van der Waals surface area contributed by atoms with Crippen molar-refractivity contribution in [2.75, 3.05) is 11.0 Å². The van der Waals surface area contributed by atoms with Gasteiger partial charge in [0, 0.05) is 4.43 Å². The first-order valence-corrected chi connectivity index (χ1v) is 5.86. The predicted molar refractivity (Wildman–Crippen MR) is 57.9 cm³/mol. The van der Waals surface area contributed by atoms with Gasteiger partial charge in [-0.15, -0.1) is 0 Å². The Labute approximate surface area is 88.4 Å². The quantitative estimate of drug-likeness (QED) is 0.432. The first kappa shape index (κ1) is 10.9. The molecule has 0 aliphatic carbocycles. The van der Waals surface area contributed by atoms with E-state index in [1.807, 2.05) is 6.92 Å². The van der Waals surface area contributed by atoms with Gasteiger partial charge in [-0.25, -0.2) is 0 Å². The molecule has 0 radical (unpaired) electrons. The first-order chi connectivity index (χ1) is 4.72. The summed E-state index contributed by atoms with van der Waals surface area (Å²) in [5.74, 6) is -0.0835. The number of carbonyl (C=O) groups excluding carboxylic acids is 1. The van der Waals surface area contributed by atoms with E-state index in [1.165, 1.54) is 0 Å². The van der Waals surface area contributed by atoms with E-state index >= 15 is 0 Å². The number of ether oxygens (including phenoxy) is 1. The van der Waals surface area contributed by atoms with Crippen LogP contribution >= 0.6 is 45.2 Å². The van der Waals surface area contributed by atoms with Crippen molar-refractivity contribution in [2.45, 2.75) is 17.3 Å². The molecular weight excluding hydrogens is 358 g/mol. The first-order valence-electron chi connectivity index (χ1n) is 3.09. The van der Waals surface area contributed by atoms with E-state index in [0.717, 1.165) is 10.8 Å². The molecule has 0 aliphatic heterocycles. The second-order valence-corrected chi connectivity index (χ2v) is 4.28. The molecule has 2 nitrogen and oxygen atoms in total. The normalized spacial score (nSPS) is 12.7. The maximum Gasteiger partial charge on any atom is 0.318 e. The number of rotatable bonds is 4. The molecule has 0 aromatic carbocycles. The van der Waals surface area contributed by atoms with Crippen molar-refractivity contribution in [1.82, 2.24) is 0 Å². The molecule has 0 N–H and O–H groups in total. The Balaban J connectivity index is 3.49. The molecular formula is C6H10I2O2. The Bertz CT molecular complexity index is 106. The van der Waals surface area contributed by atoms with Crippen LogP contribution in [0.2, 0.25) is 0 Å². The monoisotopic (exact) mass is 368 g/mol. The molecule has 0 fully saturated rings. The van der Waals surface area contributed by atoms with E-state index in [-0.39, 0.29) is 9.89 Å². The number of halogens is 2. The molecule has 4 heteroatoms. The Hall–Kier alpha value is 0.930. The summed E-state index contributed by atoms with van der Waals surface area (Å²) in [5, 5.41) is 0. The Morgan fingerprint density at radius 2 is 2.30 bits per heavy atom. The van der Waals surface area contributed by atoms with E-state index in [9.17, 15) is 4.79 Å². The fourth-order valence-electron chi connectivity index (χ4n) is 0.446. The highest BCUT2D eigenvalue weighted by Crippen LogP contribution is 2.09. The molecule has 1 unspecified atom stereocenters. The van der Waals surface area contributed by atoms with Gasteiger partial charge in [-0.2, -0.15) is 0 Å². The Morgan fingerprint density at radius 1 is 1.70 bits per heavy atom. The smallest absolute Gasteiger partial charge is 0.318 e. The highest BCUT2D eigenvalue weighted by molar-refractivity contribution is 14.1. The molecule has 0 aromatic rings. The number of hydrogen-bond donors (Lipinski definition) is 0. The summed E-state index contributed by atoms with van der Waals surface area (Å²) >= 11 is 4.36. The number of carbonyl (C=O) groups is 1. The molecule has 0 rings (SSSR count). The van der Waals surface area contributed by atoms with Crippen LogP contribution < -0.4 is 0 Å². The SMILES string of the molecule is CCOC(=O)C(I)CCI. The van der Waals surface area contributed by atoms with E-state index in [2.05, 4.69) is 45.2 Å². The van der Waals surface area contributed by atoms with Crippen LogP contribution in [0.25, 0.3) is 0 Å². The molecule has 1 atom stereocenters. The summed E-state index contributed by atoms with van der Waals surface area (Å²) in [6.07, 6.45) is 0.903. The molecule has 0 saturated carbocycles. The maximum absolute atomic E-state index is 10.9. The van der Waals surface area contributed by atoms with Gasteiger partial charge >= 0.3 is 5.97 Å². The highest BCUT2D eigenvalue weighted by Gasteiger charge is 2.13. The Morgan fingerprint density at radius 3 is 2.70 bits per heavy atom. The van der Waals surface area contributed by atoms with Gasteiger partial charge in [-0.05, 0) is 13.3 Å². The largest absolute Gasteiger partial charge is 0.465 e. The number of esters is 1. The van der Waals surface area contributed by atoms with Gasteiger partial charge in [0.1, 0.15) is 3.92 Å². The predicted octanol–water partition coefficient (Wildman–Crippen LogP) is 2.18. The van der Waals surface area contributed by atoms with E-state index < -0.39 is 0 Å². The summed E-state index contributed by atoms with van der Waals surface area (Å²) in [6.45, 7) is 2.31. The summed E-state index contributed by atoms with van der Waals surface area (Å²) in [4.78, 5) is 10.9. The van der Waals surface area contributed by atoms with Crippen LogP contribution in [0.1, 0.15) is 13.3 Å². The van der Waals surface area contributed by atoms with E-state index in [4.69, 9.17) is 4.74 Å². The summed E-state index contributed by atoms with van der Waals surface area (Å²) < 4.78 is 5.85. The maximum atomic E-state index is 10.9. The molecule has 60 valence electrons. The minimum Gasteiger partial charge on any atom is -0.465 e. The van der Waals surface area contributed by atoms with Crippen molar-refractivity contribution < 1.29 is 9.53 Å². The number of alkyl halides is 2. The summed E-state index contributed by atoms with van der Waals surface area (Å²) in [6, 6.07) is 0. The fraction of sp³-hybridized carbons (Fsp3) is 0.833. The van der Waals surface area contributed by atoms with Gasteiger partial charge < -0.3 is 4.74 Å². The molecule has 0 aromatic heterocycles. The number of hydrogen-bond acceptors (Lipinski definition) is 2. The zero-order valence-corrected chi connectivity index (χ0v) is 10.1. The lowest BCUT2D eigenvalue weighted by molar-refractivity contribution is -0.142. The third kappa shape index (κ3) is 4.70. The van der Waals surface area contributed by atoms with Crippen LogP contribution in [0.15, 0.2) is 0 Å². The highest BCUT2D eigenvalue weighted by atomic mass is 127. The molecule has 0 bridgehead atoms. The zero-order valence-electron chi connectivity index (χ0n) is 5.77. The lowest BCUT2D eigenvalue weighted by Gasteiger charge is -2.05. The average Bonchev–Trinajstić information content (AvgIpc) is 1.89. The third-order valence-electron chi connectivity index (χ3n) is 0.905. The van der Waals surface area contributed by atoms with Crippen LogP contribution in [-0.2, 0) is 9.53 Å². The van der Waals surface area contributed by atoms with Crippen LogP contribution in [0.4, 0.5) is 0 Å². The molecule has 0 aliphatic rings. The lowest BCUT2D eigenvalue weighted by atomic mass is 10.3. The zero-order chi connectivity index (χ0) is 7.98. The van der Waals surface area contributed by atoms with Gasteiger partial charge in [-0.3, -0.25) is 4.79 Å². The van der Waals surface area contributed by atoms with Crippen molar-refractivity contribution >= 4 is 51.2 Å². The topological polar surface area (TPSA) is 26.3 Å². The minimum atomic E-state index is -0.0835. The second-order valence-electron chi connectivity index (χ2n) is 1.70. The Kier molecular flexibility index (Phi) is 7.24. The van der Waals surface area contributed by atoms with Crippen molar-refractivity contribution in [3.05, 3.63) is 0 Å². The van der Waals surface area contributed by atoms with Crippen LogP contribution in [-0.4, -0.2) is 20.9 Å². The van der Waals surface area contributed by atoms with E-state index in [1.54, 1.807) is 0 Å². The second kappa shape index (κ2) is 6.63. The molecule has 10 heavy (non-hydrogen) atoms. The lowest BCUT2D eigenvalue weighted by Crippen LogP contribution is -2.17. The van der Waals surface area contributed by atoms with Crippen LogP contribution in [0.3, 0.4) is 0 Å². The van der Waals surface area contributed by atoms with Crippen molar-refractivity contribution in [2.24, 2.45) is 0 Å². The van der Waals surface area contributed by atoms with Gasteiger partial charge in [0.05, 0.1) is 6.61 Å². The summed E-state index contributed by atoms with van der Waals surface area (Å²) in [7, 11) is 0. The van der Waals surface area contributed by atoms with Gasteiger partial charge in [0.15, 0.2) is 0 Å². The molecule has 0 saturated heterocycles. The standard InChI is InChI=1S/C6H10I2O2/c1-2-10-6(9)5(8)3-4-7/h5H,2-4H2,1H3. The molecule has 0 spiro atoms. The van der Waals surface area contributed by atoms with E-state index in [0.29, 0.717) is 6.61 Å². The van der Waals surface area contributed by atoms with Gasteiger partial charge in [-0.1, -0.05) is 45.2 Å². The fourth-order valence-corrected chi connectivity index (χ4v) is 2.75. The molecule has 0 amide bonds.